The number of nitrogens with one attached hydrogen (secondary N) is 1. The molecule has 0 saturated carbocycles. The van der Waals surface area contributed by atoms with Crippen LogP contribution in [0.3, 0.4) is 0 Å². The van der Waals surface area contributed by atoms with Gasteiger partial charge in [0.1, 0.15) is 11.4 Å². The Morgan fingerprint density at radius 2 is 1.96 bits per heavy atom. The lowest BCUT2D eigenvalue weighted by Crippen LogP contribution is -2.29. The molecule has 28 heavy (non-hydrogen) atoms. The van der Waals surface area contributed by atoms with Crippen molar-refractivity contribution in [1.29, 1.82) is 0 Å². The van der Waals surface area contributed by atoms with Crippen molar-refractivity contribution in [3.63, 3.8) is 0 Å². The van der Waals surface area contributed by atoms with E-state index in [1.165, 1.54) is 5.56 Å². The van der Waals surface area contributed by atoms with Crippen LogP contribution < -0.4 is 15.0 Å². The van der Waals surface area contributed by atoms with Gasteiger partial charge in [-0.05, 0) is 42.2 Å². The Morgan fingerprint density at radius 1 is 1.14 bits per heavy atom. The van der Waals surface area contributed by atoms with Gasteiger partial charge in [0.15, 0.2) is 0 Å². The number of benzene rings is 2. The van der Waals surface area contributed by atoms with Crippen LogP contribution in [-0.4, -0.2) is 36.1 Å². The number of amides is 1. The molecule has 0 spiro atoms. The molecule has 1 aliphatic rings. The van der Waals surface area contributed by atoms with Gasteiger partial charge in [-0.3, -0.25) is 4.79 Å². The third-order valence-electron chi connectivity index (χ3n) is 4.88. The fraction of sp³-hybridized carbons (Fsp3) is 0.227. The Bertz CT molecular complexity index is 990. The van der Waals surface area contributed by atoms with Crippen LogP contribution in [0.1, 0.15) is 21.6 Å². The molecule has 6 heteroatoms. The zero-order valence-corrected chi connectivity index (χ0v) is 15.8. The Kier molecular flexibility index (Phi) is 5.19. The molecule has 0 atom stereocenters. The minimum absolute atomic E-state index is 0.0971. The summed E-state index contributed by atoms with van der Waals surface area (Å²) < 4.78 is 5.38. The van der Waals surface area contributed by atoms with E-state index in [-0.39, 0.29) is 5.91 Å². The van der Waals surface area contributed by atoms with E-state index >= 15 is 0 Å². The summed E-state index contributed by atoms with van der Waals surface area (Å²) in [6.45, 7) is 1.32. The molecule has 1 N–H and O–H groups in total. The maximum Gasteiger partial charge on any atom is 0.277 e. The monoisotopic (exact) mass is 374 g/mol. The summed E-state index contributed by atoms with van der Waals surface area (Å²) in [6.07, 6.45) is 3.26. The molecule has 6 nitrogen and oxygen atoms in total. The van der Waals surface area contributed by atoms with E-state index < -0.39 is 0 Å². The Labute approximate surface area is 164 Å². The zero-order valence-electron chi connectivity index (χ0n) is 15.8. The lowest BCUT2D eigenvalue weighted by Gasteiger charge is -2.17. The van der Waals surface area contributed by atoms with Crippen molar-refractivity contribution in [2.24, 2.45) is 0 Å². The first-order valence-corrected chi connectivity index (χ1v) is 9.35. The molecule has 3 aromatic rings. The smallest absolute Gasteiger partial charge is 0.277 e. The first-order chi connectivity index (χ1) is 13.8. The average molecular weight is 374 g/mol. The van der Waals surface area contributed by atoms with Crippen molar-refractivity contribution in [2.45, 2.75) is 12.8 Å². The summed E-state index contributed by atoms with van der Waals surface area (Å²) in [6, 6.07) is 17.6. The number of anilines is 2. The average Bonchev–Trinajstić information content (AvgIpc) is 3.18. The maximum absolute atomic E-state index is 12.9. The number of ether oxygens (including phenoxy) is 1. The fourth-order valence-corrected chi connectivity index (χ4v) is 3.47. The molecule has 2 aromatic carbocycles. The molecule has 0 aliphatic carbocycles. The van der Waals surface area contributed by atoms with Crippen molar-refractivity contribution in [3.05, 3.63) is 77.6 Å². The zero-order chi connectivity index (χ0) is 19.3. The van der Waals surface area contributed by atoms with E-state index in [1.54, 1.807) is 24.3 Å². The highest BCUT2D eigenvalue weighted by atomic mass is 16.5. The van der Waals surface area contributed by atoms with Crippen LogP contribution in [0.2, 0.25) is 0 Å². The van der Waals surface area contributed by atoms with E-state index in [9.17, 15) is 4.79 Å². The van der Waals surface area contributed by atoms with Crippen LogP contribution >= 0.6 is 0 Å². The van der Waals surface area contributed by atoms with E-state index in [0.29, 0.717) is 24.7 Å². The third-order valence-corrected chi connectivity index (χ3v) is 4.88. The quantitative estimate of drug-likeness (QED) is 0.717. The highest BCUT2D eigenvalue weighted by molar-refractivity contribution is 6.06. The summed E-state index contributed by atoms with van der Waals surface area (Å²) in [5, 5.41) is 3.20. The summed E-state index contributed by atoms with van der Waals surface area (Å²) in [7, 11) is 1.67. The topological polar surface area (TPSA) is 67.3 Å². The molecule has 2 heterocycles. The van der Waals surface area contributed by atoms with Crippen molar-refractivity contribution in [3.8, 4) is 5.75 Å². The van der Waals surface area contributed by atoms with E-state index in [0.717, 1.165) is 29.8 Å². The molecular formula is C22H22N4O2. The lowest BCUT2D eigenvalue weighted by molar-refractivity contribution is 0.0984. The van der Waals surface area contributed by atoms with E-state index in [2.05, 4.69) is 21.4 Å². The summed E-state index contributed by atoms with van der Waals surface area (Å²) in [4.78, 5) is 23.4. The number of carbonyl (C=O) groups is 1. The molecule has 1 aliphatic heterocycles. The molecule has 142 valence electrons. The van der Waals surface area contributed by atoms with Crippen LogP contribution in [0.15, 0.2) is 60.8 Å². The van der Waals surface area contributed by atoms with Crippen LogP contribution in [-0.2, 0) is 12.8 Å². The number of hydrogen-bond donors (Lipinski definition) is 1. The number of rotatable bonds is 6. The molecular weight excluding hydrogens is 352 g/mol. The standard InChI is InChI=1S/C22H22N4O2/c1-28-20-9-5-3-7-17(20)10-13-23-22-24-14-11-18(25-22)21(27)26-15-12-16-6-2-4-8-19(16)26/h2-9,11,14H,10,12-13,15H2,1H3,(H,23,24,25). The first kappa shape index (κ1) is 18.0. The predicted molar refractivity (Wildman–Crippen MR) is 109 cm³/mol. The molecule has 0 saturated heterocycles. The van der Waals surface area contributed by atoms with Gasteiger partial charge in [0.2, 0.25) is 5.95 Å². The third kappa shape index (κ3) is 3.67. The van der Waals surface area contributed by atoms with Gasteiger partial charge in [0.05, 0.1) is 7.11 Å². The van der Waals surface area contributed by atoms with Gasteiger partial charge >= 0.3 is 0 Å². The summed E-state index contributed by atoms with van der Waals surface area (Å²) >= 11 is 0. The van der Waals surface area contributed by atoms with E-state index in [1.807, 2.05) is 42.5 Å². The van der Waals surface area contributed by atoms with Gasteiger partial charge in [-0.2, -0.15) is 0 Å². The van der Waals surface area contributed by atoms with Gasteiger partial charge in [0.25, 0.3) is 5.91 Å². The number of fused-ring (bicyclic) bond motifs is 1. The normalized spacial score (nSPS) is 12.5. The summed E-state index contributed by atoms with van der Waals surface area (Å²) in [5.74, 6) is 1.22. The van der Waals surface area contributed by atoms with Gasteiger partial charge in [-0.15, -0.1) is 0 Å². The molecule has 0 unspecified atom stereocenters. The maximum atomic E-state index is 12.9. The first-order valence-electron chi connectivity index (χ1n) is 9.35. The molecule has 0 bridgehead atoms. The molecule has 1 amide bonds. The van der Waals surface area contributed by atoms with Gasteiger partial charge < -0.3 is 15.0 Å². The van der Waals surface area contributed by atoms with Crippen LogP contribution in [0, 0.1) is 0 Å². The number of aromatic nitrogens is 2. The lowest BCUT2D eigenvalue weighted by atomic mass is 10.1. The van der Waals surface area contributed by atoms with Gasteiger partial charge in [-0.1, -0.05) is 36.4 Å². The molecule has 4 rings (SSSR count). The minimum atomic E-state index is -0.0971. The molecule has 0 fully saturated rings. The Morgan fingerprint density at radius 3 is 2.86 bits per heavy atom. The van der Waals surface area contributed by atoms with Gasteiger partial charge in [-0.25, -0.2) is 9.97 Å². The second-order valence-electron chi connectivity index (χ2n) is 6.59. The van der Waals surface area contributed by atoms with Crippen molar-refractivity contribution >= 4 is 17.5 Å². The second-order valence-corrected chi connectivity index (χ2v) is 6.59. The Hall–Kier alpha value is -3.41. The van der Waals surface area contributed by atoms with Crippen molar-refractivity contribution in [1.82, 2.24) is 9.97 Å². The Balaban J connectivity index is 1.43. The van der Waals surface area contributed by atoms with Crippen molar-refractivity contribution in [2.75, 3.05) is 30.4 Å². The number of methoxy groups -OCH3 is 1. The van der Waals surface area contributed by atoms with Crippen LogP contribution in [0.4, 0.5) is 11.6 Å². The second kappa shape index (κ2) is 8.08. The number of carbonyl (C=O) groups excluding carboxylic acids is 1. The minimum Gasteiger partial charge on any atom is -0.496 e. The molecule has 1 aromatic heterocycles. The number of nitrogens with zero attached hydrogens (tertiary/aromatic N) is 3. The largest absolute Gasteiger partial charge is 0.496 e. The highest BCUT2D eigenvalue weighted by Gasteiger charge is 2.26. The fourth-order valence-electron chi connectivity index (χ4n) is 3.47. The van der Waals surface area contributed by atoms with Crippen molar-refractivity contribution < 1.29 is 9.53 Å². The van der Waals surface area contributed by atoms with Crippen LogP contribution in [0.25, 0.3) is 0 Å². The van der Waals surface area contributed by atoms with Gasteiger partial charge in [0, 0.05) is 25.0 Å². The SMILES string of the molecule is COc1ccccc1CCNc1nccc(C(=O)N2CCc3ccccc32)n1. The highest BCUT2D eigenvalue weighted by Crippen LogP contribution is 2.28. The predicted octanol–water partition coefficient (Wildman–Crippen LogP) is 3.34. The van der Waals surface area contributed by atoms with Crippen LogP contribution in [0.5, 0.6) is 5.75 Å². The number of hydrogen-bond acceptors (Lipinski definition) is 5. The molecule has 0 radical (unpaired) electrons. The number of para-hydroxylation sites is 2. The summed E-state index contributed by atoms with van der Waals surface area (Å²) in [5.41, 5.74) is 3.67. The van der Waals surface area contributed by atoms with E-state index in [4.69, 9.17) is 4.74 Å².